The third kappa shape index (κ3) is 5.18. The number of fused-ring (bicyclic) bond motifs is 1. The van der Waals surface area contributed by atoms with E-state index in [0.717, 1.165) is 12.1 Å². The average molecular weight is 511 g/mol. The molecule has 2 aliphatic rings. The molecule has 2 N–H and O–H groups in total. The molecule has 2 aromatic rings. The zero-order valence-electron chi connectivity index (χ0n) is 20.8. The van der Waals surface area contributed by atoms with Crippen LogP contribution in [0, 0.1) is 5.41 Å². The molecule has 4 rings (SSSR count). The molecule has 0 saturated carbocycles. The van der Waals surface area contributed by atoms with E-state index in [1.807, 2.05) is 27.7 Å². The first-order valence-electron chi connectivity index (χ1n) is 12.1. The zero-order valence-corrected chi connectivity index (χ0v) is 20.8. The van der Waals surface area contributed by atoms with Gasteiger partial charge in [-0.05, 0) is 53.9 Å². The molecule has 4 nitrogen and oxygen atoms in total. The van der Waals surface area contributed by atoms with Crippen LogP contribution in [-0.4, -0.2) is 26.1 Å². The second-order valence-corrected chi connectivity index (χ2v) is 11.0. The minimum Gasteiger partial charge on any atom is -0.388 e. The third-order valence-corrected chi connectivity index (χ3v) is 7.05. The molecule has 2 atom stereocenters. The summed E-state index contributed by atoms with van der Waals surface area (Å²) < 4.78 is 67.2. The summed E-state index contributed by atoms with van der Waals surface area (Å²) in [7, 11) is 0. The standard InChI is InChI=1S/C27H31F5N2O2/c1-14(2)23-22(24(36)17-6-5-16(13-33-17)27(30,31)32)20(15-7-9-26(28,29)10-8-15)21-18(34-23)11-25(3,4)12-19(21)35/h5-7,13-14,19,24,35-36H,8-12H2,1-4H3. The van der Waals surface area contributed by atoms with E-state index in [-0.39, 0.29) is 29.9 Å². The van der Waals surface area contributed by atoms with E-state index in [1.165, 1.54) is 6.08 Å². The highest BCUT2D eigenvalue weighted by Gasteiger charge is 2.40. The number of allylic oxidation sites excluding steroid dienone is 2. The van der Waals surface area contributed by atoms with Crippen molar-refractivity contribution in [1.82, 2.24) is 9.97 Å². The van der Waals surface area contributed by atoms with Gasteiger partial charge in [0.25, 0.3) is 5.92 Å². The Kier molecular flexibility index (Phi) is 6.79. The highest BCUT2D eigenvalue weighted by Crippen LogP contribution is 2.49. The molecule has 2 aliphatic carbocycles. The van der Waals surface area contributed by atoms with Crippen LogP contribution in [0.25, 0.3) is 5.57 Å². The quantitative estimate of drug-likeness (QED) is 0.439. The number of aromatic nitrogens is 2. The number of halogens is 5. The highest BCUT2D eigenvalue weighted by molar-refractivity contribution is 5.75. The van der Waals surface area contributed by atoms with E-state index in [9.17, 15) is 32.2 Å². The van der Waals surface area contributed by atoms with Crippen LogP contribution in [0.15, 0.2) is 24.4 Å². The Morgan fingerprint density at radius 3 is 2.36 bits per heavy atom. The van der Waals surface area contributed by atoms with Crippen molar-refractivity contribution in [1.29, 1.82) is 0 Å². The number of hydrogen-bond donors (Lipinski definition) is 2. The van der Waals surface area contributed by atoms with Crippen molar-refractivity contribution in [3.05, 3.63) is 63.7 Å². The molecule has 0 aromatic carbocycles. The first-order chi connectivity index (χ1) is 16.6. The molecule has 0 spiro atoms. The fourth-order valence-electron chi connectivity index (χ4n) is 5.29. The molecular formula is C27H31F5N2O2. The van der Waals surface area contributed by atoms with Gasteiger partial charge in [0.05, 0.1) is 23.1 Å². The Morgan fingerprint density at radius 2 is 1.83 bits per heavy atom. The Bertz CT molecular complexity index is 1170. The molecule has 0 saturated heterocycles. The van der Waals surface area contributed by atoms with Gasteiger partial charge in [0, 0.05) is 35.9 Å². The topological polar surface area (TPSA) is 66.2 Å². The number of rotatable bonds is 4. The molecule has 2 unspecified atom stereocenters. The first kappa shape index (κ1) is 26.7. The first-order valence-corrected chi connectivity index (χ1v) is 12.1. The van der Waals surface area contributed by atoms with Crippen molar-refractivity contribution in [2.75, 3.05) is 0 Å². The van der Waals surface area contributed by atoms with Gasteiger partial charge in [-0.25, -0.2) is 8.78 Å². The minimum atomic E-state index is -4.58. The molecule has 0 amide bonds. The van der Waals surface area contributed by atoms with Crippen molar-refractivity contribution in [2.45, 2.75) is 90.0 Å². The summed E-state index contributed by atoms with van der Waals surface area (Å²) in [5.41, 5.74) is 1.86. The van der Waals surface area contributed by atoms with E-state index in [0.29, 0.717) is 52.7 Å². The Balaban J connectivity index is 1.96. The molecule has 9 heteroatoms. The lowest BCUT2D eigenvalue weighted by molar-refractivity contribution is -0.137. The maximum Gasteiger partial charge on any atom is 0.417 e. The number of pyridine rings is 2. The van der Waals surface area contributed by atoms with Gasteiger partial charge in [-0.3, -0.25) is 9.97 Å². The summed E-state index contributed by atoms with van der Waals surface area (Å²) in [6, 6.07) is 1.97. The summed E-state index contributed by atoms with van der Waals surface area (Å²) >= 11 is 0. The predicted molar refractivity (Wildman–Crippen MR) is 125 cm³/mol. The van der Waals surface area contributed by atoms with E-state index in [1.54, 1.807) is 0 Å². The van der Waals surface area contributed by atoms with E-state index < -0.39 is 36.3 Å². The molecule has 0 radical (unpaired) electrons. The predicted octanol–water partition coefficient (Wildman–Crippen LogP) is 6.91. The van der Waals surface area contributed by atoms with Crippen molar-refractivity contribution < 1.29 is 32.2 Å². The number of hydrogen-bond acceptors (Lipinski definition) is 4. The summed E-state index contributed by atoms with van der Waals surface area (Å²) in [5, 5.41) is 22.7. The van der Waals surface area contributed by atoms with Gasteiger partial charge in [-0.1, -0.05) is 33.8 Å². The average Bonchev–Trinajstić information content (AvgIpc) is 2.76. The molecule has 36 heavy (non-hydrogen) atoms. The largest absolute Gasteiger partial charge is 0.417 e. The van der Waals surface area contributed by atoms with Crippen LogP contribution in [0.3, 0.4) is 0 Å². The van der Waals surface area contributed by atoms with Gasteiger partial charge < -0.3 is 10.2 Å². The molecule has 196 valence electrons. The van der Waals surface area contributed by atoms with Crippen LogP contribution in [-0.2, 0) is 12.6 Å². The van der Waals surface area contributed by atoms with E-state index in [4.69, 9.17) is 4.98 Å². The Morgan fingerprint density at radius 1 is 1.14 bits per heavy atom. The van der Waals surface area contributed by atoms with Crippen LogP contribution >= 0.6 is 0 Å². The monoisotopic (exact) mass is 510 g/mol. The lowest BCUT2D eigenvalue weighted by Gasteiger charge is -2.38. The van der Waals surface area contributed by atoms with Gasteiger partial charge in [0.15, 0.2) is 0 Å². The zero-order chi connectivity index (χ0) is 26.6. The summed E-state index contributed by atoms with van der Waals surface area (Å²) in [5.74, 6) is -3.03. The Hall–Kier alpha value is -2.39. The fourth-order valence-corrected chi connectivity index (χ4v) is 5.29. The third-order valence-electron chi connectivity index (χ3n) is 7.05. The van der Waals surface area contributed by atoms with Gasteiger partial charge in [0.1, 0.15) is 6.10 Å². The van der Waals surface area contributed by atoms with Crippen LogP contribution in [0.2, 0.25) is 0 Å². The number of alkyl halides is 5. The SMILES string of the molecule is CC(C)c1nc2c(c(C3=CCC(F)(F)CC3)c1C(O)c1ccc(C(F)(F)F)cn1)C(O)CC(C)(C)C2. The number of nitrogens with zero attached hydrogens (tertiary/aromatic N) is 2. The van der Waals surface area contributed by atoms with Crippen molar-refractivity contribution in [2.24, 2.45) is 5.41 Å². The van der Waals surface area contributed by atoms with Gasteiger partial charge in [-0.2, -0.15) is 13.2 Å². The molecule has 0 fully saturated rings. The molecule has 2 aromatic heterocycles. The van der Waals surface area contributed by atoms with Crippen LogP contribution in [0.4, 0.5) is 22.0 Å². The number of aliphatic hydroxyl groups excluding tert-OH is 2. The van der Waals surface area contributed by atoms with Crippen LogP contribution in [0.1, 0.15) is 111 Å². The van der Waals surface area contributed by atoms with Gasteiger partial charge in [0.2, 0.25) is 0 Å². The minimum absolute atomic E-state index is 0.0136. The normalized spacial score (nSPS) is 22.2. The summed E-state index contributed by atoms with van der Waals surface area (Å²) in [6.45, 7) is 7.79. The van der Waals surface area contributed by atoms with Crippen molar-refractivity contribution in [3.8, 4) is 0 Å². The molecule has 0 aliphatic heterocycles. The fraction of sp³-hybridized carbons (Fsp3) is 0.556. The smallest absolute Gasteiger partial charge is 0.388 e. The highest BCUT2D eigenvalue weighted by atomic mass is 19.4. The second kappa shape index (κ2) is 9.17. The van der Waals surface area contributed by atoms with Gasteiger partial charge in [-0.15, -0.1) is 0 Å². The molecular weight excluding hydrogens is 479 g/mol. The lowest BCUT2D eigenvalue weighted by atomic mass is 9.70. The Labute approximate surface area is 207 Å². The number of aliphatic hydroxyl groups is 2. The maximum absolute atomic E-state index is 14.0. The molecule has 2 heterocycles. The van der Waals surface area contributed by atoms with Crippen LogP contribution < -0.4 is 0 Å². The molecule has 0 bridgehead atoms. The van der Waals surface area contributed by atoms with E-state index in [2.05, 4.69) is 4.98 Å². The van der Waals surface area contributed by atoms with Crippen molar-refractivity contribution >= 4 is 5.57 Å². The summed E-state index contributed by atoms with van der Waals surface area (Å²) in [4.78, 5) is 8.73. The van der Waals surface area contributed by atoms with E-state index >= 15 is 0 Å². The van der Waals surface area contributed by atoms with Crippen LogP contribution in [0.5, 0.6) is 0 Å². The maximum atomic E-state index is 14.0. The van der Waals surface area contributed by atoms with Gasteiger partial charge >= 0.3 is 6.18 Å². The lowest BCUT2D eigenvalue weighted by Crippen LogP contribution is -2.30. The van der Waals surface area contributed by atoms with Crippen molar-refractivity contribution in [3.63, 3.8) is 0 Å². The second-order valence-electron chi connectivity index (χ2n) is 11.0. The summed E-state index contributed by atoms with van der Waals surface area (Å²) in [6.07, 6.45) is -4.66.